The highest BCUT2D eigenvalue weighted by Gasteiger charge is 2.27. The van der Waals surface area contributed by atoms with Crippen LogP contribution in [0.5, 0.6) is 0 Å². The molecule has 0 aromatic carbocycles. The number of hydrogen-bond acceptors (Lipinski definition) is 6. The maximum atomic E-state index is 11.9. The van der Waals surface area contributed by atoms with E-state index in [1.807, 2.05) is 6.92 Å². The van der Waals surface area contributed by atoms with Gasteiger partial charge in [0.15, 0.2) is 0 Å². The molecule has 2 heterocycles. The summed E-state index contributed by atoms with van der Waals surface area (Å²) in [7, 11) is 0. The molecule has 1 aliphatic carbocycles. The highest BCUT2D eigenvalue weighted by atomic mass is 32.2. The maximum Gasteiger partial charge on any atom is 0.233 e. The summed E-state index contributed by atoms with van der Waals surface area (Å²) in [5, 5.41) is 15.2. The summed E-state index contributed by atoms with van der Waals surface area (Å²) in [5.41, 5.74) is 0. The van der Waals surface area contributed by atoms with Crippen molar-refractivity contribution in [2.24, 2.45) is 0 Å². The molecule has 1 N–H and O–H groups in total. The first kappa shape index (κ1) is 13.8. The number of nitrogens with one attached hydrogen (secondary N) is 1. The Labute approximate surface area is 121 Å². The SMILES string of the molecule is C[C@H](Sc1nnnn1C[C@H]1CCCO1)C(=O)NC1CC1. The zero-order chi connectivity index (χ0) is 13.9. The highest BCUT2D eigenvalue weighted by molar-refractivity contribution is 8.00. The van der Waals surface area contributed by atoms with Crippen molar-refractivity contribution in [1.29, 1.82) is 0 Å². The number of thioether (sulfide) groups is 1. The standard InChI is InChI=1S/C12H19N5O2S/c1-8(11(18)13-9-4-5-9)20-12-14-15-16-17(12)7-10-3-2-6-19-10/h8-10H,2-7H2,1H3,(H,13,18)/t8-,10+/m0/s1. The molecule has 3 rings (SSSR count). The average Bonchev–Trinajstić information content (AvgIpc) is 2.91. The van der Waals surface area contributed by atoms with Gasteiger partial charge in [-0.15, -0.1) is 5.10 Å². The van der Waals surface area contributed by atoms with E-state index in [9.17, 15) is 4.79 Å². The predicted octanol–water partition coefficient (Wildman–Crippen LogP) is 0.611. The number of aromatic nitrogens is 4. The second-order valence-corrected chi connectivity index (χ2v) is 6.63. The van der Waals surface area contributed by atoms with Crippen LogP contribution in [-0.4, -0.2) is 50.1 Å². The lowest BCUT2D eigenvalue weighted by atomic mass is 10.2. The summed E-state index contributed by atoms with van der Waals surface area (Å²) in [5.74, 6) is 0.0594. The summed E-state index contributed by atoms with van der Waals surface area (Å²) in [6.07, 6.45) is 4.52. The molecule has 1 saturated carbocycles. The number of carbonyl (C=O) groups is 1. The topological polar surface area (TPSA) is 81.9 Å². The predicted molar refractivity (Wildman–Crippen MR) is 73.3 cm³/mol. The molecule has 0 radical (unpaired) electrons. The van der Waals surface area contributed by atoms with E-state index in [0.717, 1.165) is 32.3 Å². The minimum absolute atomic E-state index is 0.0594. The molecule has 7 nitrogen and oxygen atoms in total. The van der Waals surface area contributed by atoms with Crippen LogP contribution in [0.1, 0.15) is 32.6 Å². The molecule has 0 spiro atoms. The van der Waals surface area contributed by atoms with E-state index in [2.05, 4.69) is 20.8 Å². The van der Waals surface area contributed by atoms with Gasteiger partial charge in [-0.2, -0.15) is 0 Å². The molecule has 2 atom stereocenters. The molecule has 1 aliphatic heterocycles. The first-order valence-corrected chi connectivity index (χ1v) is 7.95. The Morgan fingerprint density at radius 1 is 1.55 bits per heavy atom. The van der Waals surface area contributed by atoms with Gasteiger partial charge in [-0.1, -0.05) is 11.8 Å². The Morgan fingerprint density at radius 3 is 3.10 bits per heavy atom. The average molecular weight is 297 g/mol. The Hall–Kier alpha value is -1.15. The van der Waals surface area contributed by atoms with Gasteiger partial charge in [-0.25, -0.2) is 4.68 Å². The van der Waals surface area contributed by atoms with E-state index >= 15 is 0 Å². The normalized spacial score (nSPS) is 23.8. The monoisotopic (exact) mass is 297 g/mol. The zero-order valence-corrected chi connectivity index (χ0v) is 12.3. The van der Waals surface area contributed by atoms with Crippen molar-refractivity contribution >= 4 is 17.7 Å². The van der Waals surface area contributed by atoms with Gasteiger partial charge in [0.25, 0.3) is 0 Å². The van der Waals surface area contributed by atoms with Crippen molar-refractivity contribution in [3.8, 4) is 0 Å². The molecule has 2 fully saturated rings. The van der Waals surface area contributed by atoms with Crippen molar-refractivity contribution in [2.75, 3.05) is 6.61 Å². The summed E-state index contributed by atoms with van der Waals surface area (Å²) in [6.45, 7) is 3.36. The van der Waals surface area contributed by atoms with Crippen LogP contribution in [0.3, 0.4) is 0 Å². The third-order valence-corrected chi connectivity index (χ3v) is 4.55. The molecule has 0 bridgehead atoms. The van der Waals surface area contributed by atoms with Crippen LogP contribution in [0.15, 0.2) is 5.16 Å². The van der Waals surface area contributed by atoms with Gasteiger partial charge in [0.05, 0.1) is 17.9 Å². The molecular weight excluding hydrogens is 278 g/mol. The molecule has 1 saturated heterocycles. The zero-order valence-electron chi connectivity index (χ0n) is 11.5. The fourth-order valence-electron chi connectivity index (χ4n) is 2.13. The number of hydrogen-bond donors (Lipinski definition) is 1. The molecule has 1 aromatic rings. The molecule has 2 aliphatic rings. The van der Waals surface area contributed by atoms with E-state index in [0.29, 0.717) is 17.7 Å². The number of tetrazole rings is 1. The summed E-state index contributed by atoms with van der Waals surface area (Å²) in [4.78, 5) is 11.9. The molecule has 1 aromatic heterocycles. The second-order valence-electron chi connectivity index (χ2n) is 5.32. The van der Waals surface area contributed by atoms with E-state index < -0.39 is 0 Å². The van der Waals surface area contributed by atoms with Gasteiger partial charge in [0, 0.05) is 12.6 Å². The van der Waals surface area contributed by atoms with Crippen molar-refractivity contribution in [2.45, 2.75) is 61.7 Å². The van der Waals surface area contributed by atoms with Crippen LogP contribution in [0.25, 0.3) is 0 Å². The highest BCUT2D eigenvalue weighted by Crippen LogP contribution is 2.24. The quantitative estimate of drug-likeness (QED) is 0.775. The lowest BCUT2D eigenvalue weighted by molar-refractivity contribution is -0.120. The van der Waals surface area contributed by atoms with Crippen molar-refractivity contribution in [3.63, 3.8) is 0 Å². The molecular formula is C12H19N5O2S. The Bertz CT molecular complexity index is 470. The van der Waals surface area contributed by atoms with Gasteiger partial charge in [0.2, 0.25) is 11.1 Å². The largest absolute Gasteiger partial charge is 0.376 e. The second kappa shape index (κ2) is 6.09. The van der Waals surface area contributed by atoms with Crippen LogP contribution in [0.2, 0.25) is 0 Å². The molecule has 0 unspecified atom stereocenters. The van der Waals surface area contributed by atoms with E-state index in [1.165, 1.54) is 11.8 Å². The molecule has 1 amide bonds. The van der Waals surface area contributed by atoms with Crippen LogP contribution in [-0.2, 0) is 16.1 Å². The van der Waals surface area contributed by atoms with Gasteiger partial charge in [0.1, 0.15) is 0 Å². The summed E-state index contributed by atoms with van der Waals surface area (Å²) in [6, 6.07) is 0.383. The lowest BCUT2D eigenvalue weighted by Gasteiger charge is -2.13. The minimum atomic E-state index is -0.190. The molecule has 20 heavy (non-hydrogen) atoms. The third-order valence-electron chi connectivity index (χ3n) is 3.47. The number of rotatable bonds is 6. The van der Waals surface area contributed by atoms with E-state index in [-0.39, 0.29) is 17.3 Å². The summed E-state index contributed by atoms with van der Waals surface area (Å²) >= 11 is 1.40. The maximum absolute atomic E-state index is 11.9. The third kappa shape index (κ3) is 3.49. The van der Waals surface area contributed by atoms with Crippen LogP contribution >= 0.6 is 11.8 Å². The summed E-state index contributed by atoms with van der Waals surface area (Å²) < 4.78 is 7.33. The number of nitrogens with zero attached hydrogens (tertiary/aromatic N) is 4. The fourth-order valence-corrected chi connectivity index (χ4v) is 2.94. The lowest BCUT2D eigenvalue weighted by Crippen LogP contribution is -2.32. The van der Waals surface area contributed by atoms with Crippen molar-refractivity contribution in [3.05, 3.63) is 0 Å². The first-order chi connectivity index (χ1) is 9.72. The molecule has 8 heteroatoms. The Kier molecular flexibility index (Phi) is 4.21. The Balaban J connectivity index is 1.55. The first-order valence-electron chi connectivity index (χ1n) is 7.07. The van der Waals surface area contributed by atoms with Gasteiger partial charge >= 0.3 is 0 Å². The number of carbonyl (C=O) groups excluding carboxylic acids is 1. The van der Waals surface area contributed by atoms with E-state index in [4.69, 9.17) is 4.74 Å². The number of ether oxygens (including phenoxy) is 1. The van der Waals surface area contributed by atoms with Gasteiger partial charge in [-0.05, 0) is 43.0 Å². The van der Waals surface area contributed by atoms with Crippen molar-refractivity contribution < 1.29 is 9.53 Å². The van der Waals surface area contributed by atoms with Crippen LogP contribution < -0.4 is 5.32 Å². The Morgan fingerprint density at radius 2 is 2.40 bits per heavy atom. The number of amides is 1. The van der Waals surface area contributed by atoms with E-state index in [1.54, 1.807) is 4.68 Å². The van der Waals surface area contributed by atoms with Crippen LogP contribution in [0.4, 0.5) is 0 Å². The van der Waals surface area contributed by atoms with Gasteiger partial charge < -0.3 is 10.1 Å². The van der Waals surface area contributed by atoms with Crippen molar-refractivity contribution in [1.82, 2.24) is 25.5 Å². The van der Waals surface area contributed by atoms with Crippen LogP contribution in [0, 0.1) is 0 Å². The minimum Gasteiger partial charge on any atom is -0.376 e. The fraction of sp³-hybridized carbons (Fsp3) is 0.833. The molecule has 110 valence electrons. The van der Waals surface area contributed by atoms with Gasteiger partial charge in [-0.3, -0.25) is 4.79 Å². The smallest absolute Gasteiger partial charge is 0.233 e.